The van der Waals surface area contributed by atoms with Crippen molar-refractivity contribution in [2.75, 3.05) is 0 Å². The predicted octanol–water partition coefficient (Wildman–Crippen LogP) is 1.88. The topological polar surface area (TPSA) is 74.6 Å². The molecule has 4 nitrogen and oxygen atoms in total. The van der Waals surface area contributed by atoms with E-state index in [9.17, 15) is 44.7 Å². The predicted molar refractivity (Wildman–Crippen MR) is 42.4 cm³/mol. The summed E-state index contributed by atoms with van der Waals surface area (Å²) >= 11 is 0. The Labute approximate surface area is 104 Å². The van der Waals surface area contributed by atoms with Crippen LogP contribution >= 0.6 is 0 Å². The molecule has 1 saturated carbocycles. The highest BCUT2D eigenvalue weighted by molar-refractivity contribution is 5.93. The maximum absolute atomic E-state index is 13.7. The average molecular weight is 316 g/mol. The van der Waals surface area contributed by atoms with Gasteiger partial charge in [0.2, 0.25) is 0 Å². The van der Waals surface area contributed by atoms with Gasteiger partial charge in [-0.15, -0.1) is 0 Å². The van der Waals surface area contributed by atoms with Crippen LogP contribution in [0, 0.1) is 0 Å². The van der Waals surface area contributed by atoms with Gasteiger partial charge in [-0.2, -0.15) is 26.3 Å². The quantitative estimate of drug-likeness (QED) is 0.763. The molecule has 0 saturated heterocycles. The van der Waals surface area contributed by atoms with E-state index in [1.54, 1.807) is 0 Å². The minimum absolute atomic E-state index is 3.26. The Kier molecular flexibility index (Phi) is 3.06. The molecule has 1 fully saturated rings. The third-order valence-electron chi connectivity index (χ3n) is 2.93. The van der Waals surface area contributed by atoms with E-state index in [1.807, 2.05) is 0 Å². The Bertz CT molecular complexity index is 477. The zero-order valence-electron chi connectivity index (χ0n) is 8.94. The van der Waals surface area contributed by atoms with Crippen LogP contribution in [0.15, 0.2) is 0 Å². The molecule has 0 heterocycles. The van der Waals surface area contributed by atoms with E-state index in [0.717, 1.165) is 0 Å². The molecule has 0 aromatic rings. The van der Waals surface area contributed by atoms with Gasteiger partial charge in [0.1, 0.15) is 0 Å². The van der Waals surface area contributed by atoms with E-state index in [-0.39, 0.29) is 0 Å². The summed E-state index contributed by atoms with van der Waals surface area (Å²) in [4.78, 5) is 20.8. The maximum Gasteiger partial charge on any atom is 0.376 e. The Morgan fingerprint density at radius 2 is 1.15 bits per heavy atom. The van der Waals surface area contributed by atoms with Crippen molar-refractivity contribution in [3.05, 3.63) is 0 Å². The number of alkyl halides is 8. The minimum Gasteiger partial charge on any atom is -0.479 e. The molecule has 20 heavy (non-hydrogen) atoms. The van der Waals surface area contributed by atoms with Gasteiger partial charge in [0.15, 0.2) is 0 Å². The smallest absolute Gasteiger partial charge is 0.376 e. The van der Waals surface area contributed by atoms with E-state index in [1.165, 1.54) is 0 Å². The molecule has 0 spiro atoms. The Morgan fingerprint density at radius 1 is 0.750 bits per heavy atom. The van der Waals surface area contributed by atoms with Crippen molar-refractivity contribution < 1.29 is 54.9 Å². The summed E-state index contributed by atoms with van der Waals surface area (Å²) in [6.45, 7) is 0. The van der Waals surface area contributed by atoms with Crippen molar-refractivity contribution in [3.63, 3.8) is 0 Å². The van der Waals surface area contributed by atoms with Crippen molar-refractivity contribution >= 4 is 11.9 Å². The van der Waals surface area contributed by atoms with Crippen LogP contribution in [-0.2, 0) is 9.59 Å². The standard InChI is InChI=1S/C8H4F8O4/c9-4(2(17)18)1-5(10,11)7(13,14)8(15,16)6(4,12)3(19)20/h1H2,(H,17,18)(H,19,20). The molecule has 0 amide bonds. The third kappa shape index (κ3) is 1.41. The number of halogens is 8. The van der Waals surface area contributed by atoms with Gasteiger partial charge in [0.05, 0.1) is 6.42 Å². The van der Waals surface area contributed by atoms with Crippen molar-refractivity contribution in [2.45, 2.75) is 35.5 Å². The first kappa shape index (κ1) is 16.4. The molecule has 2 atom stereocenters. The number of carboxylic acid groups (broad SMARTS) is 2. The van der Waals surface area contributed by atoms with Crippen molar-refractivity contribution in [2.24, 2.45) is 0 Å². The first-order chi connectivity index (χ1) is 8.59. The van der Waals surface area contributed by atoms with Crippen LogP contribution in [-0.4, -0.2) is 51.3 Å². The summed E-state index contributed by atoms with van der Waals surface area (Å²) in [5, 5.41) is 16.4. The SMILES string of the molecule is O=C(O)C1(F)CC(F)(F)C(F)(F)C(F)(F)C1(F)C(=O)O. The van der Waals surface area contributed by atoms with E-state index in [4.69, 9.17) is 10.2 Å². The summed E-state index contributed by atoms with van der Waals surface area (Å²) in [6.07, 6.45) is -3.26. The fourth-order valence-electron chi connectivity index (χ4n) is 1.76. The first-order valence-electron chi connectivity index (χ1n) is 4.57. The molecule has 1 rings (SSSR count). The summed E-state index contributed by atoms with van der Waals surface area (Å²) in [5.74, 6) is -26.4. The lowest BCUT2D eigenvalue weighted by atomic mass is 9.68. The molecule has 2 N–H and O–H groups in total. The van der Waals surface area contributed by atoms with Crippen LogP contribution in [0.3, 0.4) is 0 Å². The molecule has 0 aromatic heterocycles. The lowest BCUT2D eigenvalue weighted by Gasteiger charge is -2.48. The minimum atomic E-state index is -6.80. The van der Waals surface area contributed by atoms with E-state index in [0.29, 0.717) is 0 Å². The van der Waals surface area contributed by atoms with Gasteiger partial charge in [0.25, 0.3) is 5.67 Å². The monoisotopic (exact) mass is 316 g/mol. The third-order valence-corrected chi connectivity index (χ3v) is 2.93. The average Bonchev–Trinajstić information content (AvgIpc) is 2.24. The Hall–Kier alpha value is -1.62. The number of aliphatic carboxylic acids is 2. The molecule has 116 valence electrons. The zero-order valence-corrected chi connectivity index (χ0v) is 8.94. The lowest BCUT2D eigenvalue weighted by Crippen LogP contribution is -2.80. The van der Waals surface area contributed by atoms with Crippen LogP contribution in [0.5, 0.6) is 0 Å². The highest BCUT2D eigenvalue weighted by atomic mass is 19.3. The van der Waals surface area contributed by atoms with Gasteiger partial charge < -0.3 is 10.2 Å². The molecular weight excluding hydrogens is 312 g/mol. The van der Waals surface area contributed by atoms with Gasteiger partial charge in [0, 0.05) is 0 Å². The second-order valence-corrected chi connectivity index (χ2v) is 4.10. The number of carbonyl (C=O) groups is 2. The van der Waals surface area contributed by atoms with Crippen LogP contribution in [0.2, 0.25) is 0 Å². The molecule has 0 radical (unpaired) electrons. The highest BCUT2D eigenvalue weighted by Gasteiger charge is 2.94. The van der Waals surface area contributed by atoms with Gasteiger partial charge >= 0.3 is 35.4 Å². The second-order valence-electron chi connectivity index (χ2n) is 4.10. The number of hydrogen-bond acceptors (Lipinski definition) is 2. The molecule has 0 aromatic carbocycles. The number of carboxylic acids is 2. The molecule has 12 heteroatoms. The zero-order chi connectivity index (χ0) is 16.4. The van der Waals surface area contributed by atoms with E-state index < -0.39 is 47.5 Å². The normalized spacial score (nSPS) is 38.2. The van der Waals surface area contributed by atoms with Crippen LogP contribution < -0.4 is 0 Å². The van der Waals surface area contributed by atoms with Gasteiger partial charge in [-0.25, -0.2) is 18.4 Å². The fraction of sp³-hybridized carbons (Fsp3) is 0.750. The summed E-state index contributed by atoms with van der Waals surface area (Å²) in [7, 11) is 0. The summed E-state index contributed by atoms with van der Waals surface area (Å²) in [5.41, 5.74) is -11.5. The maximum atomic E-state index is 13.7. The van der Waals surface area contributed by atoms with E-state index in [2.05, 4.69) is 0 Å². The first-order valence-corrected chi connectivity index (χ1v) is 4.57. The van der Waals surface area contributed by atoms with Gasteiger partial charge in [-0.1, -0.05) is 0 Å². The van der Waals surface area contributed by atoms with Crippen molar-refractivity contribution in [3.8, 4) is 0 Å². The second kappa shape index (κ2) is 3.73. The number of rotatable bonds is 2. The molecular formula is C8H4F8O4. The molecule has 0 bridgehead atoms. The molecule has 0 aliphatic heterocycles. The van der Waals surface area contributed by atoms with Crippen LogP contribution in [0.4, 0.5) is 35.1 Å². The van der Waals surface area contributed by atoms with Crippen LogP contribution in [0.25, 0.3) is 0 Å². The number of hydrogen-bond donors (Lipinski definition) is 2. The van der Waals surface area contributed by atoms with Crippen molar-refractivity contribution in [1.29, 1.82) is 0 Å². The van der Waals surface area contributed by atoms with E-state index >= 15 is 0 Å². The van der Waals surface area contributed by atoms with Gasteiger partial charge in [-0.3, -0.25) is 0 Å². The summed E-state index contributed by atoms with van der Waals surface area (Å²) < 4.78 is 105. The van der Waals surface area contributed by atoms with Crippen LogP contribution in [0.1, 0.15) is 6.42 Å². The lowest BCUT2D eigenvalue weighted by molar-refractivity contribution is -0.387. The van der Waals surface area contributed by atoms with Gasteiger partial charge in [-0.05, 0) is 0 Å². The van der Waals surface area contributed by atoms with Crippen molar-refractivity contribution in [1.82, 2.24) is 0 Å². The molecule has 1 aliphatic carbocycles. The molecule has 1 aliphatic rings. The summed E-state index contributed by atoms with van der Waals surface area (Å²) in [6, 6.07) is 0. The Balaban J connectivity index is 3.77. The Morgan fingerprint density at radius 3 is 1.45 bits per heavy atom. The molecule has 2 unspecified atom stereocenters. The largest absolute Gasteiger partial charge is 0.479 e. The fourth-order valence-corrected chi connectivity index (χ4v) is 1.76. The highest BCUT2D eigenvalue weighted by Crippen LogP contribution is 2.63.